The second-order valence-corrected chi connectivity index (χ2v) is 9.32. The molecule has 36 heavy (non-hydrogen) atoms. The molecular formula is C25H26F5N3O3. The highest BCUT2D eigenvalue weighted by molar-refractivity contribution is 5.95. The van der Waals surface area contributed by atoms with Crippen molar-refractivity contribution < 1.29 is 36.3 Å². The lowest BCUT2D eigenvalue weighted by Crippen LogP contribution is -2.52. The van der Waals surface area contributed by atoms with E-state index in [1.54, 1.807) is 0 Å². The maximum Gasteiger partial charge on any atom is 0.573 e. The number of ether oxygens (including phenoxy) is 1. The van der Waals surface area contributed by atoms with E-state index >= 15 is 0 Å². The quantitative estimate of drug-likeness (QED) is 0.585. The molecule has 2 aromatic rings. The molecule has 1 N–H and O–H groups in total. The first kappa shape index (κ1) is 25.9. The van der Waals surface area contributed by atoms with Gasteiger partial charge in [0.2, 0.25) is 5.91 Å². The fraction of sp³-hybridized carbons (Fsp3) is 0.440. The number of carbonyl (C=O) groups excluding carboxylic acids is 2. The van der Waals surface area contributed by atoms with Crippen LogP contribution in [0.5, 0.6) is 5.75 Å². The van der Waals surface area contributed by atoms with E-state index in [-0.39, 0.29) is 23.6 Å². The molecule has 11 heteroatoms. The monoisotopic (exact) mass is 511 g/mol. The summed E-state index contributed by atoms with van der Waals surface area (Å²) < 4.78 is 68.9. The van der Waals surface area contributed by atoms with Crippen LogP contribution in [0.3, 0.4) is 0 Å². The zero-order valence-corrected chi connectivity index (χ0v) is 19.4. The molecule has 4 rings (SSSR count). The Labute approximate surface area is 205 Å². The number of nitrogens with one attached hydrogen (secondary N) is 1. The molecular weight excluding hydrogens is 485 g/mol. The van der Waals surface area contributed by atoms with Gasteiger partial charge in [-0.25, -0.2) is 8.78 Å². The Hall–Kier alpha value is -3.21. The standard InChI is InChI=1S/C25H26F5N3O3/c26-19-3-1-4-20(27)22(19)23(35)33-12-2-9-24(16-33)10-13-32(14-11-24)15-21(34)31-17-5-7-18(8-6-17)36-25(28,29)30/h1,3-8H,2,9-16H2,(H,31,34). The smallest absolute Gasteiger partial charge is 0.406 e. The van der Waals surface area contributed by atoms with Crippen LogP contribution < -0.4 is 10.1 Å². The third-order valence-corrected chi connectivity index (χ3v) is 6.78. The van der Waals surface area contributed by atoms with Crippen LogP contribution in [0.1, 0.15) is 36.0 Å². The van der Waals surface area contributed by atoms with Crippen LogP contribution in [0.4, 0.5) is 27.6 Å². The first-order valence-electron chi connectivity index (χ1n) is 11.6. The van der Waals surface area contributed by atoms with Crippen molar-refractivity contribution in [1.29, 1.82) is 0 Å². The highest BCUT2D eigenvalue weighted by Gasteiger charge is 2.40. The summed E-state index contributed by atoms with van der Waals surface area (Å²) in [5, 5.41) is 2.66. The molecule has 1 spiro atoms. The fourth-order valence-corrected chi connectivity index (χ4v) is 4.98. The molecule has 0 bridgehead atoms. The molecule has 2 heterocycles. The van der Waals surface area contributed by atoms with Crippen LogP contribution in [0.15, 0.2) is 42.5 Å². The van der Waals surface area contributed by atoms with Crippen molar-refractivity contribution in [2.24, 2.45) is 5.41 Å². The summed E-state index contributed by atoms with van der Waals surface area (Å²) >= 11 is 0. The zero-order chi connectivity index (χ0) is 25.9. The molecule has 2 aliphatic rings. The average molecular weight is 511 g/mol. The van der Waals surface area contributed by atoms with Crippen molar-refractivity contribution in [2.75, 3.05) is 38.0 Å². The summed E-state index contributed by atoms with van der Waals surface area (Å²) in [5.41, 5.74) is -0.344. The highest BCUT2D eigenvalue weighted by Crippen LogP contribution is 2.40. The Morgan fingerprint density at radius 1 is 0.944 bits per heavy atom. The van der Waals surface area contributed by atoms with Crippen LogP contribution in [0, 0.1) is 17.0 Å². The van der Waals surface area contributed by atoms with Gasteiger partial charge in [0.1, 0.15) is 22.9 Å². The van der Waals surface area contributed by atoms with Gasteiger partial charge in [0.25, 0.3) is 5.91 Å². The van der Waals surface area contributed by atoms with Gasteiger partial charge in [-0.3, -0.25) is 14.5 Å². The number of piperidine rings is 2. The molecule has 2 fully saturated rings. The number of hydrogen-bond donors (Lipinski definition) is 1. The third kappa shape index (κ3) is 6.31. The SMILES string of the molecule is O=C(CN1CCC2(CCCN(C(=O)c3c(F)cccc3F)C2)CC1)Nc1ccc(OC(F)(F)F)cc1. The van der Waals surface area contributed by atoms with Gasteiger partial charge in [-0.1, -0.05) is 6.07 Å². The summed E-state index contributed by atoms with van der Waals surface area (Å²) in [4.78, 5) is 28.8. The number of carbonyl (C=O) groups is 2. The molecule has 6 nitrogen and oxygen atoms in total. The third-order valence-electron chi connectivity index (χ3n) is 6.78. The average Bonchev–Trinajstić information content (AvgIpc) is 2.81. The minimum atomic E-state index is -4.78. The van der Waals surface area contributed by atoms with Gasteiger partial charge in [-0.05, 0) is 80.6 Å². The number of hydrogen-bond acceptors (Lipinski definition) is 4. The molecule has 2 aromatic carbocycles. The number of anilines is 1. The summed E-state index contributed by atoms with van der Waals surface area (Å²) in [5.74, 6) is -3.06. The number of nitrogens with zero attached hydrogens (tertiary/aromatic N) is 2. The largest absolute Gasteiger partial charge is 0.573 e. The molecule has 0 atom stereocenters. The van der Waals surface area contributed by atoms with Crippen molar-refractivity contribution in [3.8, 4) is 5.75 Å². The predicted octanol–water partition coefficient (Wildman–Crippen LogP) is 4.82. The lowest BCUT2D eigenvalue weighted by atomic mass is 9.72. The van der Waals surface area contributed by atoms with E-state index in [0.29, 0.717) is 31.9 Å². The molecule has 0 aliphatic carbocycles. The van der Waals surface area contributed by atoms with Gasteiger partial charge in [0.05, 0.1) is 6.54 Å². The number of amides is 2. The first-order valence-corrected chi connectivity index (χ1v) is 11.6. The summed E-state index contributed by atoms with van der Waals surface area (Å²) in [6.07, 6.45) is -1.70. The van der Waals surface area contributed by atoms with E-state index < -0.39 is 29.5 Å². The van der Waals surface area contributed by atoms with E-state index in [4.69, 9.17) is 0 Å². The number of likely N-dealkylation sites (tertiary alicyclic amines) is 2. The Balaban J connectivity index is 1.28. The van der Waals surface area contributed by atoms with E-state index in [1.165, 1.54) is 23.1 Å². The van der Waals surface area contributed by atoms with E-state index in [9.17, 15) is 31.5 Å². The minimum Gasteiger partial charge on any atom is -0.406 e. The number of rotatable bonds is 5. The topological polar surface area (TPSA) is 61.9 Å². The first-order chi connectivity index (χ1) is 17.0. The van der Waals surface area contributed by atoms with Crippen LogP contribution in [-0.2, 0) is 4.79 Å². The van der Waals surface area contributed by atoms with Crippen molar-refractivity contribution in [2.45, 2.75) is 32.0 Å². The van der Waals surface area contributed by atoms with Crippen molar-refractivity contribution in [3.05, 3.63) is 59.7 Å². The second-order valence-electron chi connectivity index (χ2n) is 9.32. The molecule has 2 saturated heterocycles. The molecule has 0 unspecified atom stereocenters. The number of halogens is 5. The lowest BCUT2D eigenvalue weighted by molar-refractivity contribution is -0.274. The molecule has 2 aliphatic heterocycles. The van der Waals surface area contributed by atoms with Crippen molar-refractivity contribution >= 4 is 17.5 Å². The highest BCUT2D eigenvalue weighted by atomic mass is 19.4. The van der Waals surface area contributed by atoms with E-state index in [2.05, 4.69) is 10.1 Å². The normalized spacial score (nSPS) is 18.2. The Morgan fingerprint density at radius 3 is 2.19 bits per heavy atom. The van der Waals surface area contributed by atoms with Gasteiger partial charge in [-0.2, -0.15) is 0 Å². The minimum absolute atomic E-state index is 0.111. The van der Waals surface area contributed by atoms with Crippen LogP contribution in [0.2, 0.25) is 0 Å². The second kappa shape index (κ2) is 10.4. The Kier molecular flexibility index (Phi) is 7.49. The van der Waals surface area contributed by atoms with E-state index in [0.717, 1.165) is 49.9 Å². The van der Waals surface area contributed by atoms with E-state index in [1.807, 2.05) is 4.90 Å². The lowest BCUT2D eigenvalue weighted by Gasteiger charge is -2.47. The van der Waals surface area contributed by atoms with Gasteiger partial charge < -0.3 is 15.0 Å². The van der Waals surface area contributed by atoms with Crippen LogP contribution >= 0.6 is 0 Å². The van der Waals surface area contributed by atoms with Gasteiger partial charge in [0.15, 0.2) is 0 Å². The maximum atomic E-state index is 14.1. The van der Waals surface area contributed by atoms with Crippen LogP contribution in [-0.4, -0.2) is 60.7 Å². The number of benzene rings is 2. The van der Waals surface area contributed by atoms with Gasteiger partial charge in [-0.15, -0.1) is 13.2 Å². The van der Waals surface area contributed by atoms with Gasteiger partial charge in [0, 0.05) is 18.8 Å². The molecule has 0 radical (unpaired) electrons. The molecule has 0 aromatic heterocycles. The fourth-order valence-electron chi connectivity index (χ4n) is 4.98. The predicted molar refractivity (Wildman–Crippen MR) is 121 cm³/mol. The van der Waals surface area contributed by atoms with Crippen molar-refractivity contribution in [1.82, 2.24) is 9.80 Å². The molecule has 2 amide bonds. The molecule has 194 valence electrons. The summed E-state index contributed by atoms with van der Waals surface area (Å²) in [7, 11) is 0. The Bertz CT molecular complexity index is 1080. The zero-order valence-electron chi connectivity index (χ0n) is 19.4. The van der Waals surface area contributed by atoms with Crippen molar-refractivity contribution in [3.63, 3.8) is 0 Å². The summed E-state index contributed by atoms with van der Waals surface area (Å²) in [6.45, 7) is 2.18. The molecule has 0 saturated carbocycles. The summed E-state index contributed by atoms with van der Waals surface area (Å²) in [6, 6.07) is 8.28. The maximum absolute atomic E-state index is 14.1. The Morgan fingerprint density at radius 2 is 1.58 bits per heavy atom. The van der Waals surface area contributed by atoms with Crippen LogP contribution in [0.25, 0.3) is 0 Å². The number of alkyl halides is 3. The van der Waals surface area contributed by atoms with Gasteiger partial charge >= 0.3 is 6.36 Å².